The van der Waals surface area contributed by atoms with Gasteiger partial charge >= 0.3 is 0 Å². The maximum atomic E-state index is 12.8. The summed E-state index contributed by atoms with van der Waals surface area (Å²) < 4.78 is 0. The van der Waals surface area contributed by atoms with Crippen molar-refractivity contribution >= 4 is 34.7 Å². The maximum absolute atomic E-state index is 12.8. The number of rotatable bonds is 5. The topological polar surface area (TPSA) is 64.4 Å². The van der Waals surface area contributed by atoms with Crippen LogP contribution in [0.5, 0.6) is 0 Å². The molecule has 0 saturated carbocycles. The Hall–Kier alpha value is -3.82. The molecule has 1 fully saturated rings. The molecule has 1 aliphatic rings. The zero-order chi connectivity index (χ0) is 22.7. The molecule has 0 spiro atoms. The fraction of sp³-hybridized carbons (Fsp3) is 0.115. The van der Waals surface area contributed by atoms with Gasteiger partial charge < -0.3 is 4.90 Å². The number of benzene rings is 3. The minimum atomic E-state index is -0.282. The third-order valence-electron chi connectivity index (χ3n) is 5.23. The van der Waals surface area contributed by atoms with E-state index in [1.165, 1.54) is 4.90 Å². The van der Waals surface area contributed by atoms with E-state index < -0.39 is 0 Å². The first-order valence-electron chi connectivity index (χ1n) is 10.1. The summed E-state index contributed by atoms with van der Waals surface area (Å²) in [6.45, 7) is 0.210. The standard InChI is InChI=1S/C26H21N3O2S/c1-28(2)22-13-9-18(10-14-22)15-24-25(30)29(26(31)32-24)17-19-7-11-20(12-8-19)23-6-4-3-5-21(23)16-27/h3-15H,17H2,1-2H3/b24-15-. The van der Waals surface area contributed by atoms with Gasteiger partial charge in [-0.1, -0.05) is 54.6 Å². The summed E-state index contributed by atoms with van der Waals surface area (Å²) in [6.07, 6.45) is 1.76. The van der Waals surface area contributed by atoms with Gasteiger partial charge in [-0.25, -0.2) is 0 Å². The molecule has 0 N–H and O–H groups in total. The molecule has 0 atom stereocenters. The number of carbonyl (C=O) groups excluding carboxylic acids is 2. The number of hydrogen-bond donors (Lipinski definition) is 0. The van der Waals surface area contributed by atoms with Crippen molar-refractivity contribution in [3.63, 3.8) is 0 Å². The van der Waals surface area contributed by atoms with Crippen molar-refractivity contribution in [1.29, 1.82) is 5.26 Å². The molecule has 32 heavy (non-hydrogen) atoms. The summed E-state index contributed by atoms with van der Waals surface area (Å²) in [5, 5.41) is 9.04. The fourth-order valence-electron chi connectivity index (χ4n) is 3.46. The molecular formula is C26H21N3O2S. The van der Waals surface area contributed by atoms with Crippen LogP contribution in [0.2, 0.25) is 0 Å². The first kappa shape index (κ1) is 21.4. The number of nitrogens with zero attached hydrogens (tertiary/aromatic N) is 3. The van der Waals surface area contributed by atoms with Crippen LogP contribution in [0.3, 0.4) is 0 Å². The van der Waals surface area contributed by atoms with Gasteiger partial charge in [0.2, 0.25) is 0 Å². The van der Waals surface area contributed by atoms with E-state index >= 15 is 0 Å². The van der Waals surface area contributed by atoms with Gasteiger partial charge in [0.1, 0.15) is 0 Å². The normalized spacial score (nSPS) is 14.7. The molecule has 4 rings (SSSR count). The Morgan fingerprint density at radius 1 is 0.969 bits per heavy atom. The van der Waals surface area contributed by atoms with Gasteiger partial charge in [0.15, 0.2) is 0 Å². The molecule has 1 saturated heterocycles. The molecular weight excluding hydrogens is 418 g/mol. The molecule has 2 amide bonds. The molecule has 3 aromatic carbocycles. The van der Waals surface area contributed by atoms with E-state index in [1.54, 1.807) is 12.1 Å². The van der Waals surface area contributed by atoms with Gasteiger partial charge in [0.05, 0.1) is 23.1 Å². The third kappa shape index (κ3) is 4.43. The van der Waals surface area contributed by atoms with Crippen molar-refractivity contribution in [2.24, 2.45) is 0 Å². The molecule has 5 nitrogen and oxygen atoms in total. The van der Waals surface area contributed by atoms with Gasteiger partial charge in [-0.2, -0.15) is 5.26 Å². The van der Waals surface area contributed by atoms with E-state index in [1.807, 2.05) is 85.7 Å². The smallest absolute Gasteiger partial charge is 0.293 e. The van der Waals surface area contributed by atoms with E-state index in [0.29, 0.717) is 10.5 Å². The highest BCUT2D eigenvalue weighted by molar-refractivity contribution is 8.18. The summed E-state index contributed by atoms with van der Waals surface area (Å²) in [6, 6.07) is 25.0. The predicted octanol–water partition coefficient (Wildman–Crippen LogP) is 5.53. The van der Waals surface area contributed by atoms with E-state index in [-0.39, 0.29) is 17.7 Å². The third-order valence-corrected chi connectivity index (χ3v) is 6.14. The lowest BCUT2D eigenvalue weighted by atomic mass is 9.99. The van der Waals surface area contributed by atoms with Crippen molar-refractivity contribution in [2.75, 3.05) is 19.0 Å². The monoisotopic (exact) mass is 439 g/mol. The average Bonchev–Trinajstić information content (AvgIpc) is 3.07. The second-order valence-corrected chi connectivity index (χ2v) is 8.60. The van der Waals surface area contributed by atoms with Crippen molar-refractivity contribution in [3.05, 3.63) is 94.4 Å². The molecule has 6 heteroatoms. The number of carbonyl (C=O) groups is 2. The summed E-state index contributed by atoms with van der Waals surface area (Å²) >= 11 is 0.963. The van der Waals surface area contributed by atoms with E-state index in [2.05, 4.69) is 6.07 Å². The molecule has 158 valence electrons. The van der Waals surface area contributed by atoms with Crippen molar-refractivity contribution < 1.29 is 9.59 Å². The highest BCUT2D eigenvalue weighted by Gasteiger charge is 2.34. The molecule has 3 aromatic rings. The Kier molecular flexibility index (Phi) is 6.11. The van der Waals surface area contributed by atoms with Gasteiger partial charge in [-0.15, -0.1) is 0 Å². The molecule has 0 aromatic heterocycles. The lowest BCUT2D eigenvalue weighted by molar-refractivity contribution is -0.123. The zero-order valence-electron chi connectivity index (χ0n) is 17.8. The first-order chi connectivity index (χ1) is 15.5. The van der Waals surface area contributed by atoms with E-state index in [0.717, 1.165) is 39.7 Å². The lowest BCUT2D eigenvalue weighted by Gasteiger charge is -2.13. The van der Waals surface area contributed by atoms with Crippen molar-refractivity contribution in [1.82, 2.24) is 4.90 Å². The number of nitriles is 1. The molecule has 1 aliphatic heterocycles. The summed E-state index contributed by atoms with van der Waals surface area (Å²) in [7, 11) is 3.93. The minimum absolute atomic E-state index is 0.210. The Morgan fingerprint density at radius 2 is 1.66 bits per heavy atom. The van der Waals surface area contributed by atoms with Crippen LogP contribution in [0.4, 0.5) is 10.5 Å². The molecule has 0 aliphatic carbocycles. The van der Waals surface area contributed by atoms with Crippen molar-refractivity contribution in [2.45, 2.75) is 6.54 Å². The van der Waals surface area contributed by atoms with Gasteiger partial charge in [0.25, 0.3) is 11.1 Å². The molecule has 0 radical (unpaired) electrons. The first-order valence-corrected chi connectivity index (χ1v) is 10.9. The number of hydrogen-bond acceptors (Lipinski definition) is 5. The Bertz CT molecular complexity index is 1240. The largest absolute Gasteiger partial charge is 0.378 e. The van der Waals surface area contributed by atoms with Gasteiger partial charge in [-0.05, 0) is 58.3 Å². The maximum Gasteiger partial charge on any atom is 0.293 e. The summed E-state index contributed by atoms with van der Waals surface area (Å²) in [5.41, 5.74) is 5.17. The second kappa shape index (κ2) is 9.13. The van der Waals surface area contributed by atoms with Crippen LogP contribution in [0.1, 0.15) is 16.7 Å². The second-order valence-electron chi connectivity index (χ2n) is 7.61. The average molecular weight is 440 g/mol. The van der Waals surface area contributed by atoms with Crippen LogP contribution < -0.4 is 4.90 Å². The van der Waals surface area contributed by atoms with Crippen molar-refractivity contribution in [3.8, 4) is 17.2 Å². The Morgan fingerprint density at radius 3 is 2.31 bits per heavy atom. The number of amides is 2. The highest BCUT2D eigenvalue weighted by Crippen LogP contribution is 2.34. The van der Waals surface area contributed by atoms with Crippen LogP contribution in [0, 0.1) is 11.3 Å². The SMILES string of the molecule is CN(C)c1ccc(/C=C2\SC(=O)N(Cc3ccc(-c4ccccc4C#N)cc3)C2=O)cc1. The Balaban J connectivity index is 1.49. The number of imide groups is 1. The Labute approximate surface area is 191 Å². The highest BCUT2D eigenvalue weighted by atomic mass is 32.2. The van der Waals surface area contributed by atoms with Crippen LogP contribution >= 0.6 is 11.8 Å². The van der Waals surface area contributed by atoms with E-state index in [4.69, 9.17) is 0 Å². The quantitative estimate of drug-likeness (QED) is 0.489. The van der Waals surface area contributed by atoms with Crippen LogP contribution in [-0.2, 0) is 11.3 Å². The number of thioether (sulfide) groups is 1. The van der Waals surface area contributed by atoms with Crippen LogP contribution in [0.25, 0.3) is 17.2 Å². The molecule has 0 unspecified atom stereocenters. The zero-order valence-corrected chi connectivity index (χ0v) is 18.6. The lowest BCUT2D eigenvalue weighted by Crippen LogP contribution is -2.27. The van der Waals surface area contributed by atoms with Gasteiger partial charge in [-0.3, -0.25) is 14.5 Å². The summed E-state index contributed by atoms with van der Waals surface area (Å²) in [5.74, 6) is -0.282. The molecule has 0 bridgehead atoms. The minimum Gasteiger partial charge on any atom is -0.378 e. The van der Waals surface area contributed by atoms with E-state index in [9.17, 15) is 14.9 Å². The number of anilines is 1. The molecule has 1 heterocycles. The predicted molar refractivity (Wildman–Crippen MR) is 129 cm³/mol. The summed E-state index contributed by atoms with van der Waals surface area (Å²) in [4.78, 5) is 29.0. The van der Waals surface area contributed by atoms with Gasteiger partial charge in [0, 0.05) is 19.8 Å². The van der Waals surface area contributed by atoms with Crippen LogP contribution in [0.15, 0.2) is 77.7 Å². The van der Waals surface area contributed by atoms with Crippen LogP contribution in [-0.4, -0.2) is 30.1 Å². The fourth-order valence-corrected chi connectivity index (χ4v) is 4.30.